The number of carbonyl (C=O) groups is 2. The van der Waals surface area contributed by atoms with Crippen molar-refractivity contribution < 1.29 is 32.6 Å². The first-order valence-corrected chi connectivity index (χ1v) is 10.1. The van der Waals surface area contributed by atoms with Gasteiger partial charge in [0.25, 0.3) is 0 Å². The van der Waals surface area contributed by atoms with Crippen molar-refractivity contribution in [3.05, 3.63) is 28.4 Å². The summed E-state index contributed by atoms with van der Waals surface area (Å²) in [6, 6.07) is 3.30. The lowest BCUT2D eigenvalue weighted by Gasteiger charge is -2.37. The van der Waals surface area contributed by atoms with Crippen molar-refractivity contribution in [1.29, 1.82) is 0 Å². The highest BCUT2D eigenvalue weighted by atomic mass is 127. The molecule has 1 aromatic rings. The number of hydrogen-bond donors (Lipinski definition) is 1. The summed E-state index contributed by atoms with van der Waals surface area (Å²) in [4.78, 5) is 23.9. The monoisotopic (exact) mass is 696 g/mol. The highest BCUT2D eigenvalue weighted by Gasteiger charge is 2.64. The van der Waals surface area contributed by atoms with Crippen molar-refractivity contribution in [2.24, 2.45) is 11.3 Å². The van der Waals surface area contributed by atoms with Crippen molar-refractivity contribution in [3.63, 3.8) is 0 Å². The molecule has 0 aromatic heterocycles. The molecule has 0 aliphatic heterocycles. The number of hydrogen-bond acceptors (Lipinski definition) is 3. The van der Waals surface area contributed by atoms with Crippen molar-refractivity contribution in [1.82, 2.24) is 0 Å². The zero-order chi connectivity index (χ0) is 19.7. The molecule has 140 valence electrons. The average molecular weight is 696 g/mol. The topological polar surface area (TPSA) is 63.6 Å². The van der Waals surface area contributed by atoms with Gasteiger partial charge in [-0.3, -0.25) is 4.79 Å². The second kappa shape index (κ2) is 8.44. The Morgan fingerprint density at radius 1 is 1.16 bits per heavy atom. The fraction of sp³-hybridized carbons (Fsp3) is 0.467. The summed E-state index contributed by atoms with van der Waals surface area (Å²) in [6.45, 7) is 3.31. The molecule has 1 N–H and O–H groups in total. The molecule has 10 heteroatoms. The Kier molecular flexibility index (Phi) is 7.82. The molecule has 0 amide bonds. The Labute approximate surface area is 183 Å². The predicted octanol–water partition coefficient (Wildman–Crippen LogP) is 5.34. The van der Waals surface area contributed by atoms with Gasteiger partial charge in [-0.1, -0.05) is 13.8 Å². The third kappa shape index (κ3) is 4.90. The summed E-state index contributed by atoms with van der Waals surface area (Å²) in [5, 5.41) is 9.20. The molecule has 25 heavy (non-hydrogen) atoms. The minimum atomic E-state index is -5.08. The van der Waals surface area contributed by atoms with Crippen LogP contribution < -0.4 is 0 Å². The normalized spacial score (nSPS) is 15.6. The van der Waals surface area contributed by atoms with Crippen molar-refractivity contribution in [2.45, 2.75) is 33.1 Å². The number of esters is 1. The van der Waals surface area contributed by atoms with Crippen LogP contribution in [0.15, 0.2) is 12.1 Å². The summed E-state index contributed by atoms with van der Waals surface area (Å²) in [5.41, 5.74) is -3.10. The Morgan fingerprint density at radius 2 is 1.68 bits per heavy atom. The summed E-state index contributed by atoms with van der Waals surface area (Å²) in [6.07, 6.45) is -6.95. The van der Waals surface area contributed by atoms with Gasteiger partial charge in [-0.2, -0.15) is 13.2 Å². The van der Waals surface area contributed by atoms with Crippen LogP contribution in [0.3, 0.4) is 0 Å². The lowest BCUT2D eigenvalue weighted by molar-refractivity contribution is -0.254. The lowest BCUT2D eigenvalue weighted by Crippen LogP contribution is -2.54. The first-order valence-electron chi connectivity index (χ1n) is 6.89. The maximum Gasteiger partial charge on any atom is 0.408 e. The van der Waals surface area contributed by atoms with Crippen LogP contribution in [0.5, 0.6) is 0 Å². The molecule has 0 bridgehead atoms. The van der Waals surface area contributed by atoms with E-state index in [4.69, 9.17) is 4.74 Å². The first-order chi connectivity index (χ1) is 11.2. The van der Waals surface area contributed by atoms with Gasteiger partial charge in [-0.15, -0.1) is 0 Å². The number of carboxylic acid groups (broad SMARTS) is 1. The van der Waals surface area contributed by atoms with Gasteiger partial charge >= 0.3 is 18.1 Å². The summed E-state index contributed by atoms with van der Waals surface area (Å²) < 4.78 is 47.4. The molecule has 0 aliphatic rings. The molecular formula is C15H14F3I3O4. The van der Waals surface area contributed by atoms with Crippen molar-refractivity contribution in [2.75, 3.05) is 0 Å². The van der Waals surface area contributed by atoms with Gasteiger partial charge < -0.3 is 9.84 Å². The molecule has 0 aliphatic carbocycles. The van der Waals surface area contributed by atoms with E-state index < -0.39 is 35.6 Å². The number of alkyl halides is 3. The van der Waals surface area contributed by atoms with Gasteiger partial charge in [0.15, 0.2) is 5.41 Å². The molecule has 4 nitrogen and oxygen atoms in total. The van der Waals surface area contributed by atoms with E-state index in [2.05, 4.69) is 0 Å². The van der Waals surface area contributed by atoms with Gasteiger partial charge in [0.1, 0.15) is 6.10 Å². The van der Waals surface area contributed by atoms with Crippen molar-refractivity contribution in [3.8, 4) is 0 Å². The molecule has 0 fully saturated rings. The summed E-state index contributed by atoms with van der Waals surface area (Å²) >= 11 is 5.88. The maximum absolute atomic E-state index is 13.4. The summed E-state index contributed by atoms with van der Waals surface area (Å²) in [7, 11) is 0. The Hall–Kier alpha value is 0.140. The number of halogens is 6. The van der Waals surface area contributed by atoms with E-state index in [9.17, 15) is 27.9 Å². The fourth-order valence-electron chi connectivity index (χ4n) is 2.21. The molecule has 1 aromatic carbocycles. The molecule has 2 unspecified atom stereocenters. The Bertz CT molecular complexity index is 691. The van der Waals surface area contributed by atoms with Crippen molar-refractivity contribution >= 4 is 79.7 Å². The Balaban J connectivity index is 3.36. The first kappa shape index (κ1) is 23.2. The number of carbonyl (C=O) groups excluding carboxylic acids is 1. The van der Waals surface area contributed by atoms with E-state index in [1.807, 2.05) is 67.8 Å². The van der Waals surface area contributed by atoms with Crippen LogP contribution in [-0.4, -0.2) is 29.3 Å². The second-order valence-corrected chi connectivity index (χ2v) is 9.31. The molecule has 0 heterocycles. The zero-order valence-corrected chi connectivity index (χ0v) is 19.7. The van der Waals surface area contributed by atoms with Crippen LogP contribution in [0.25, 0.3) is 0 Å². The molecule has 0 radical (unpaired) electrons. The summed E-state index contributed by atoms with van der Waals surface area (Å²) in [5.74, 6) is -3.92. The molecular weight excluding hydrogens is 682 g/mol. The van der Waals surface area contributed by atoms with Crippen LogP contribution >= 0.6 is 67.8 Å². The molecule has 0 saturated heterocycles. The quantitative estimate of drug-likeness (QED) is 0.257. The molecule has 1 rings (SSSR count). The fourth-order valence-corrected chi connectivity index (χ4v) is 4.58. The predicted molar refractivity (Wildman–Crippen MR) is 110 cm³/mol. The molecule has 2 atom stereocenters. The van der Waals surface area contributed by atoms with E-state index in [0.29, 0.717) is 14.1 Å². The largest absolute Gasteiger partial charge is 0.480 e. The number of carboxylic acids is 1. The van der Waals surface area contributed by atoms with Gasteiger partial charge in [0.05, 0.1) is 5.56 Å². The van der Waals surface area contributed by atoms with E-state index in [1.165, 1.54) is 19.9 Å². The number of rotatable bonds is 5. The molecule has 0 spiro atoms. The van der Waals surface area contributed by atoms with Crippen LogP contribution in [0, 0.1) is 22.0 Å². The number of benzene rings is 1. The zero-order valence-electron chi connectivity index (χ0n) is 13.2. The van der Waals surface area contributed by atoms with Gasteiger partial charge in [0.2, 0.25) is 0 Å². The van der Waals surface area contributed by atoms with Crippen LogP contribution in [0.4, 0.5) is 13.2 Å². The maximum atomic E-state index is 13.4. The number of ether oxygens (including phenoxy) is 1. The van der Waals surface area contributed by atoms with E-state index >= 15 is 0 Å². The highest BCUT2D eigenvalue weighted by molar-refractivity contribution is 14.1. The minimum Gasteiger partial charge on any atom is -0.480 e. The van der Waals surface area contributed by atoms with E-state index in [1.54, 1.807) is 6.07 Å². The van der Waals surface area contributed by atoms with Gasteiger partial charge in [-0.05, 0) is 92.7 Å². The van der Waals surface area contributed by atoms with Gasteiger partial charge in [0, 0.05) is 10.7 Å². The third-order valence-electron chi connectivity index (χ3n) is 3.65. The lowest BCUT2D eigenvalue weighted by atomic mass is 9.78. The smallest absolute Gasteiger partial charge is 0.408 e. The minimum absolute atomic E-state index is 0.109. The van der Waals surface area contributed by atoms with E-state index in [-0.39, 0.29) is 5.56 Å². The SMILES string of the molecule is CC(C)C(OC(=O)c1cc(I)cc(I)c1I)C(C)(C(=O)O)C(F)(F)F. The highest BCUT2D eigenvalue weighted by Crippen LogP contribution is 2.45. The average Bonchev–Trinajstić information content (AvgIpc) is 2.45. The standard InChI is InChI=1S/C15H14F3I3O4/c1-6(2)11(14(3,13(23)24)15(16,17)18)25-12(22)8-4-7(19)5-9(20)10(8)21/h4-6,11H,1-3H3,(H,23,24). The molecule has 0 saturated carbocycles. The second-order valence-electron chi connectivity index (χ2n) is 5.82. The van der Waals surface area contributed by atoms with Crippen LogP contribution in [0.2, 0.25) is 0 Å². The Morgan fingerprint density at radius 3 is 2.08 bits per heavy atom. The van der Waals surface area contributed by atoms with Gasteiger partial charge in [-0.25, -0.2) is 4.79 Å². The third-order valence-corrected chi connectivity index (χ3v) is 7.32. The van der Waals surface area contributed by atoms with Crippen LogP contribution in [0.1, 0.15) is 31.1 Å². The van der Waals surface area contributed by atoms with E-state index in [0.717, 1.165) is 3.57 Å². The van der Waals surface area contributed by atoms with Crippen LogP contribution in [-0.2, 0) is 9.53 Å². The number of aliphatic carboxylic acids is 1.